The first-order valence-electron chi connectivity index (χ1n) is 11.4. The van der Waals surface area contributed by atoms with Crippen molar-refractivity contribution in [3.8, 4) is 22.6 Å². The van der Waals surface area contributed by atoms with E-state index in [4.69, 9.17) is 16.7 Å². The molecule has 1 aromatic heterocycles. The third-order valence-electron chi connectivity index (χ3n) is 6.19. The molecule has 7 heteroatoms. The number of aliphatic hydroxyl groups excluding tert-OH is 2. The minimum atomic E-state index is -0.709. The van der Waals surface area contributed by atoms with Crippen LogP contribution in [0, 0.1) is 0 Å². The Labute approximate surface area is 203 Å². The lowest BCUT2D eigenvalue weighted by atomic mass is 9.97. The van der Waals surface area contributed by atoms with E-state index in [2.05, 4.69) is 32.3 Å². The van der Waals surface area contributed by atoms with E-state index in [1.807, 2.05) is 60.8 Å². The van der Waals surface area contributed by atoms with Gasteiger partial charge in [-0.1, -0.05) is 54.1 Å². The van der Waals surface area contributed by atoms with Crippen molar-refractivity contribution in [1.82, 2.24) is 14.9 Å². The van der Waals surface area contributed by atoms with Crippen LogP contribution in [0.25, 0.3) is 22.6 Å². The molecular formula is C27H27ClN4O2. The van der Waals surface area contributed by atoms with Gasteiger partial charge in [0.05, 0.1) is 29.6 Å². The molecule has 174 valence electrons. The molecule has 0 fully saturated rings. The fourth-order valence-corrected chi connectivity index (χ4v) is 4.67. The van der Waals surface area contributed by atoms with Crippen molar-refractivity contribution in [2.75, 3.05) is 25.0 Å². The Hall–Kier alpha value is -3.16. The zero-order valence-electron chi connectivity index (χ0n) is 18.7. The Kier molecular flexibility index (Phi) is 6.65. The molecule has 1 atom stereocenters. The Morgan fingerprint density at radius 1 is 1.09 bits per heavy atom. The molecule has 0 bridgehead atoms. The monoisotopic (exact) mass is 474 g/mol. The minimum Gasteiger partial charge on any atom is -0.394 e. The van der Waals surface area contributed by atoms with Crippen molar-refractivity contribution in [3.63, 3.8) is 0 Å². The van der Waals surface area contributed by atoms with E-state index in [9.17, 15) is 5.11 Å². The summed E-state index contributed by atoms with van der Waals surface area (Å²) in [6, 6.07) is 22.2. The summed E-state index contributed by atoms with van der Waals surface area (Å²) in [7, 11) is 0. The topological polar surface area (TPSA) is 84.4 Å². The molecule has 0 unspecified atom stereocenters. The summed E-state index contributed by atoms with van der Waals surface area (Å²) >= 11 is 6.54. The third-order valence-corrected chi connectivity index (χ3v) is 6.52. The summed E-state index contributed by atoms with van der Waals surface area (Å²) in [5.74, 6) is 0.723. The molecule has 2 heterocycles. The number of halogens is 1. The molecule has 4 aromatic rings. The number of aliphatic hydroxyl groups is 2. The van der Waals surface area contributed by atoms with Crippen LogP contribution in [0.5, 0.6) is 0 Å². The van der Waals surface area contributed by atoms with Gasteiger partial charge in [0, 0.05) is 36.6 Å². The maximum absolute atomic E-state index is 9.79. The lowest BCUT2D eigenvalue weighted by Gasteiger charge is -2.31. The molecular weight excluding hydrogens is 448 g/mol. The Balaban J connectivity index is 1.38. The first-order valence-corrected chi connectivity index (χ1v) is 11.8. The average molecular weight is 475 g/mol. The Bertz CT molecular complexity index is 1270. The number of nitrogens with one attached hydrogen (secondary N) is 2. The highest BCUT2D eigenvalue weighted by Gasteiger charge is 2.21. The van der Waals surface area contributed by atoms with Gasteiger partial charge >= 0.3 is 0 Å². The summed E-state index contributed by atoms with van der Waals surface area (Å²) in [4.78, 5) is 10.1. The van der Waals surface area contributed by atoms with E-state index in [1.54, 1.807) is 0 Å². The average Bonchev–Trinajstić information content (AvgIpc) is 3.36. The van der Waals surface area contributed by atoms with Gasteiger partial charge in [-0.15, -0.1) is 0 Å². The molecule has 1 aliphatic rings. The van der Waals surface area contributed by atoms with Gasteiger partial charge in [0.25, 0.3) is 0 Å². The number of aromatic amines is 1. The molecule has 0 amide bonds. The number of hydrogen-bond donors (Lipinski definition) is 4. The van der Waals surface area contributed by atoms with Crippen LogP contribution in [-0.2, 0) is 13.0 Å². The summed E-state index contributed by atoms with van der Waals surface area (Å²) in [6.45, 7) is 1.85. The number of anilines is 2. The lowest BCUT2D eigenvalue weighted by Crippen LogP contribution is -2.38. The number of benzene rings is 3. The van der Waals surface area contributed by atoms with Gasteiger partial charge in [0.2, 0.25) is 0 Å². The zero-order valence-corrected chi connectivity index (χ0v) is 19.5. The number of fused-ring (bicyclic) bond motifs is 1. The number of H-pyrrole nitrogens is 1. The van der Waals surface area contributed by atoms with Crippen LogP contribution in [0.1, 0.15) is 11.1 Å². The maximum Gasteiger partial charge on any atom is 0.139 e. The second-order valence-corrected chi connectivity index (χ2v) is 9.00. The normalized spacial score (nSPS) is 14.6. The van der Waals surface area contributed by atoms with Gasteiger partial charge in [-0.2, -0.15) is 0 Å². The van der Waals surface area contributed by atoms with Crippen LogP contribution in [0.15, 0.2) is 72.9 Å². The van der Waals surface area contributed by atoms with Crippen molar-refractivity contribution >= 4 is 23.0 Å². The van der Waals surface area contributed by atoms with E-state index in [0.29, 0.717) is 11.6 Å². The van der Waals surface area contributed by atoms with Gasteiger partial charge < -0.3 is 20.5 Å². The number of hydrogen-bond acceptors (Lipinski definition) is 5. The molecule has 3 aromatic carbocycles. The molecule has 0 spiro atoms. The molecule has 0 saturated heterocycles. The third kappa shape index (κ3) is 4.86. The van der Waals surface area contributed by atoms with E-state index in [0.717, 1.165) is 53.5 Å². The van der Waals surface area contributed by atoms with Crippen LogP contribution in [0.3, 0.4) is 0 Å². The zero-order chi connectivity index (χ0) is 23.5. The number of rotatable bonds is 7. The Morgan fingerprint density at radius 2 is 1.94 bits per heavy atom. The van der Waals surface area contributed by atoms with Gasteiger partial charge in [-0.05, 0) is 47.4 Å². The molecule has 4 N–H and O–H groups in total. The molecule has 5 rings (SSSR count). The van der Waals surface area contributed by atoms with Crippen molar-refractivity contribution < 1.29 is 10.2 Å². The smallest absolute Gasteiger partial charge is 0.139 e. The maximum atomic E-state index is 9.79. The van der Waals surface area contributed by atoms with Crippen LogP contribution < -0.4 is 5.32 Å². The number of aromatic nitrogens is 2. The Morgan fingerprint density at radius 3 is 2.76 bits per heavy atom. The number of β-amino-alcohol motifs (C(OH)–C–C–N with tert-alkyl or cyclic N) is 1. The summed E-state index contributed by atoms with van der Waals surface area (Å²) in [5, 5.41) is 23.1. The van der Waals surface area contributed by atoms with Crippen LogP contribution in [0.4, 0.5) is 11.4 Å². The number of imidazole rings is 1. The van der Waals surface area contributed by atoms with Gasteiger partial charge in [0.15, 0.2) is 0 Å². The largest absolute Gasteiger partial charge is 0.394 e. The highest BCUT2D eigenvalue weighted by Crippen LogP contribution is 2.33. The predicted molar refractivity (Wildman–Crippen MR) is 136 cm³/mol. The van der Waals surface area contributed by atoms with Gasteiger partial charge in [-0.3, -0.25) is 4.90 Å². The van der Waals surface area contributed by atoms with E-state index in [-0.39, 0.29) is 6.61 Å². The second-order valence-electron chi connectivity index (χ2n) is 8.60. The molecule has 0 saturated carbocycles. The first kappa shape index (κ1) is 22.6. The van der Waals surface area contributed by atoms with Crippen molar-refractivity contribution in [1.29, 1.82) is 0 Å². The summed E-state index contributed by atoms with van der Waals surface area (Å²) < 4.78 is 0. The molecule has 0 aliphatic carbocycles. The predicted octanol–water partition coefficient (Wildman–Crippen LogP) is 4.85. The number of nitrogens with zero attached hydrogens (tertiary/aromatic N) is 2. The van der Waals surface area contributed by atoms with Gasteiger partial charge in [0.1, 0.15) is 5.82 Å². The molecule has 34 heavy (non-hydrogen) atoms. The summed E-state index contributed by atoms with van der Waals surface area (Å²) in [6.07, 6.45) is 1.99. The second kappa shape index (κ2) is 9.99. The van der Waals surface area contributed by atoms with E-state index >= 15 is 0 Å². The van der Waals surface area contributed by atoms with Crippen LogP contribution >= 0.6 is 11.6 Å². The van der Waals surface area contributed by atoms with E-state index in [1.165, 1.54) is 11.1 Å². The SMILES string of the molecule is OC[C@@H](O)CN1CCc2c(cccc2Nc2ccc(Cl)c(-c3ncc(-c4ccccc4)[nH]3)c2)C1. The first-order chi connectivity index (χ1) is 16.6. The van der Waals surface area contributed by atoms with E-state index < -0.39 is 6.10 Å². The fraction of sp³-hybridized carbons (Fsp3) is 0.222. The van der Waals surface area contributed by atoms with Crippen molar-refractivity contribution in [3.05, 3.63) is 89.1 Å². The molecule has 6 nitrogen and oxygen atoms in total. The molecule has 0 radical (unpaired) electrons. The summed E-state index contributed by atoms with van der Waals surface area (Å²) in [5.41, 5.74) is 7.36. The lowest BCUT2D eigenvalue weighted by molar-refractivity contribution is 0.0551. The highest BCUT2D eigenvalue weighted by molar-refractivity contribution is 6.33. The fourth-order valence-electron chi connectivity index (χ4n) is 4.46. The minimum absolute atomic E-state index is 0.216. The standard InChI is InChI=1S/C27H27ClN4O2/c28-24-10-9-20(13-23(24)27-29-14-26(31-27)18-5-2-1-3-6-18)30-25-8-4-7-19-15-32(12-11-22(19)25)16-21(34)17-33/h1-10,13-14,21,30,33-34H,11-12,15-17H2,(H,29,31)/t21-/m0/s1. The highest BCUT2D eigenvalue weighted by atomic mass is 35.5. The van der Waals surface area contributed by atoms with Gasteiger partial charge in [-0.25, -0.2) is 4.98 Å². The molecule has 1 aliphatic heterocycles. The van der Waals surface area contributed by atoms with Crippen LogP contribution in [-0.4, -0.2) is 50.9 Å². The van der Waals surface area contributed by atoms with Crippen LogP contribution in [0.2, 0.25) is 5.02 Å². The quantitative estimate of drug-likeness (QED) is 0.307. The van der Waals surface area contributed by atoms with Crippen molar-refractivity contribution in [2.24, 2.45) is 0 Å². The van der Waals surface area contributed by atoms with Crippen molar-refractivity contribution in [2.45, 2.75) is 19.1 Å².